The minimum atomic E-state index is -0.159. The fraction of sp³-hybridized carbons (Fsp3) is 0.318. The number of methoxy groups -OCH3 is 3. The molecule has 0 bridgehead atoms. The minimum absolute atomic E-state index is 0.159. The zero-order valence-corrected chi connectivity index (χ0v) is 19.1. The first-order valence-corrected chi connectivity index (χ1v) is 9.81. The molecule has 2 aromatic carbocycles. The highest BCUT2D eigenvalue weighted by Gasteiger charge is 2.16. The zero-order chi connectivity index (χ0) is 21.6. The quantitative estimate of drug-likeness (QED) is 0.393. The Hall–Kier alpha value is -2.67. The zero-order valence-electron chi connectivity index (χ0n) is 17.5. The van der Waals surface area contributed by atoms with Crippen LogP contribution in [0, 0.1) is 0 Å². The molecule has 156 valence electrons. The van der Waals surface area contributed by atoms with E-state index in [0.717, 1.165) is 11.4 Å². The second-order valence-corrected chi connectivity index (χ2v) is 7.13. The van der Waals surface area contributed by atoms with Crippen LogP contribution in [-0.2, 0) is 0 Å². The molecule has 0 aliphatic carbocycles. The maximum atomic E-state index is 13.0. The number of Topliss-reactive ketones (excluding diaryl/α,β-unsaturated/α-hetero) is 1. The lowest BCUT2D eigenvalue weighted by Crippen LogP contribution is -2.12. The summed E-state index contributed by atoms with van der Waals surface area (Å²) in [6.45, 7) is 2.48. The van der Waals surface area contributed by atoms with E-state index in [2.05, 4.69) is 15.9 Å². The Balaban J connectivity index is 2.44. The van der Waals surface area contributed by atoms with Crippen LogP contribution in [0.4, 0.5) is 5.69 Å². The fourth-order valence-corrected chi connectivity index (χ4v) is 3.27. The van der Waals surface area contributed by atoms with Gasteiger partial charge in [-0.25, -0.2) is 0 Å². The number of nitrogens with zero attached hydrogens (tertiary/aromatic N) is 1. The number of anilines is 1. The van der Waals surface area contributed by atoms with Crippen molar-refractivity contribution in [2.24, 2.45) is 0 Å². The number of allylic oxidation sites excluding steroid dienone is 1. The largest absolute Gasteiger partial charge is 0.496 e. The van der Waals surface area contributed by atoms with Crippen LogP contribution in [0.25, 0.3) is 6.08 Å². The van der Waals surface area contributed by atoms with Crippen molar-refractivity contribution >= 4 is 33.5 Å². The SMILES string of the molecule is CCOc1ccc(C(=O)/C(Br)=C\c2cc(OC)c(OC)cc2OC)cc1N(C)C. The molecule has 0 heterocycles. The molecule has 0 aliphatic heterocycles. The Morgan fingerprint density at radius 2 is 1.59 bits per heavy atom. The van der Waals surface area contributed by atoms with E-state index >= 15 is 0 Å². The highest BCUT2D eigenvalue weighted by molar-refractivity contribution is 9.12. The van der Waals surface area contributed by atoms with Crippen LogP contribution in [0.15, 0.2) is 34.8 Å². The van der Waals surface area contributed by atoms with Crippen LogP contribution in [0.3, 0.4) is 0 Å². The maximum absolute atomic E-state index is 13.0. The number of hydrogen-bond donors (Lipinski definition) is 0. The molecule has 0 aliphatic rings. The highest BCUT2D eigenvalue weighted by Crippen LogP contribution is 2.37. The van der Waals surface area contributed by atoms with E-state index in [1.807, 2.05) is 38.1 Å². The van der Waals surface area contributed by atoms with Crippen LogP contribution >= 0.6 is 15.9 Å². The number of carbonyl (C=O) groups excluding carboxylic acids is 1. The monoisotopic (exact) mass is 463 g/mol. The van der Waals surface area contributed by atoms with Gasteiger partial charge in [0.2, 0.25) is 0 Å². The van der Waals surface area contributed by atoms with Crippen LogP contribution in [0.5, 0.6) is 23.0 Å². The molecule has 29 heavy (non-hydrogen) atoms. The highest BCUT2D eigenvalue weighted by atomic mass is 79.9. The number of ether oxygens (including phenoxy) is 4. The van der Waals surface area contributed by atoms with Gasteiger partial charge in [-0.3, -0.25) is 4.79 Å². The van der Waals surface area contributed by atoms with Crippen molar-refractivity contribution in [3.63, 3.8) is 0 Å². The molecule has 0 atom stereocenters. The molecule has 6 nitrogen and oxygen atoms in total. The molecule has 0 spiro atoms. The number of hydrogen-bond acceptors (Lipinski definition) is 6. The number of halogens is 1. The van der Waals surface area contributed by atoms with Gasteiger partial charge in [0, 0.05) is 31.3 Å². The first-order chi connectivity index (χ1) is 13.9. The topological polar surface area (TPSA) is 57.2 Å². The lowest BCUT2D eigenvalue weighted by molar-refractivity contribution is 0.104. The summed E-state index contributed by atoms with van der Waals surface area (Å²) in [5.74, 6) is 2.23. The molecular formula is C22H26BrNO5. The molecule has 2 rings (SSSR count). The number of benzene rings is 2. The fourth-order valence-electron chi connectivity index (χ4n) is 2.79. The molecule has 0 saturated carbocycles. The third kappa shape index (κ3) is 5.23. The number of carbonyl (C=O) groups is 1. The van der Waals surface area contributed by atoms with Crippen molar-refractivity contribution in [3.05, 3.63) is 45.9 Å². The second-order valence-electron chi connectivity index (χ2n) is 6.28. The molecule has 0 saturated heterocycles. The summed E-state index contributed by atoms with van der Waals surface area (Å²) in [6, 6.07) is 8.85. The van der Waals surface area contributed by atoms with Gasteiger partial charge in [-0.2, -0.15) is 0 Å². The van der Waals surface area contributed by atoms with E-state index in [1.54, 1.807) is 45.6 Å². The van der Waals surface area contributed by atoms with Gasteiger partial charge in [0.05, 0.1) is 38.1 Å². The summed E-state index contributed by atoms with van der Waals surface area (Å²) in [5.41, 5.74) is 2.06. The van der Waals surface area contributed by atoms with Gasteiger partial charge >= 0.3 is 0 Å². The molecule has 0 aromatic heterocycles. The minimum Gasteiger partial charge on any atom is -0.496 e. The molecule has 0 unspecified atom stereocenters. The lowest BCUT2D eigenvalue weighted by atomic mass is 10.1. The van der Waals surface area contributed by atoms with Gasteiger partial charge in [0.15, 0.2) is 17.3 Å². The molecule has 0 radical (unpaired) electrons. The summed E-state index contributed by atoms with van der Waals surface area (Å²) < 4.78 is 22.1. The predicted octanol–water partition coefficient (Wildman–Crippen LogP) is 4.80. The van der Waals surface area contributed by atoms with Crippen molar-refractivity contribution in [2.75, 3.05) is 46.9 Å². The Bertz CT molecular complexity index is 908. The van der Waals surface area contributed by atoms with E-state index in [-0.39, 0.29) is 5.78 Å². The summed E-state index contributed by atoms with van der Waals surface area (Å²) in [6.07, 6.45) is 1.70. The first kappa shape index (κ1) is 22.6. The van der Waals surface area contributed by atoms with Gasteiger partial charge < -0.3 is 23.8 Å². The smallest absolute Gasteiger partial charge is 0.200 e. The van der Waals surface area contributed by atoms with Crippen LogP contribution in [-0.4, -0.2) is 47.8 Å². The average molecular weight is 464 g/mol. The third-order valence-corrected chi connectivity index (χ3v) is 4.83. The molecule has 7 heteroatoms. The Kier molecular flexibility index (Phi) is 7.96. The van der Waals surface area contributed by atoms with Crippen LogP contribution in [0.2, 0.25) is 0 Å². The molecule has 0 fully saturated rings. The lowest BCUT2D eigenvalue weighted by Gasteiger charge is -2.18. The predicted molar refractivity (Wildman–Crippen MR) is 119 cm³/mol. The Morgan fingerprint density at radius 1 is 0.966 bits per heavy atom. The van der Waals surface area contributed by atoms with E-state index < -0.39 is 0 Å². The first-order valence-electron chi connectivity index (χ1n) is 9.02. The van der Waals surface area contributed by atoms with Crippen LogP contribution in [0.1, 0.15) is 22.8 Å². The van der Waals surface area contributed by atoms with E-state index in [1.165, 1.54) is 0 Å². The molecule has 0 N–H and O–H groups in total. The maximum Gasteiger partial charge on any atom is 0.200 e. The van der Waals surface area contributed by atoms with Gasteiger partial charge in [0.1, 0.15) is 11.5 Å². The van der Waals surface area contributed by atoms with Crippen molar-refractivity contribution in [2.45, 2.75) is 6.92 Å². The van der Waals surface area contributed by atoms with E-state index in [9.17, 15) is 4.79 Å². The van der Waals surface area contributed by atoms with Gasteiger partial charge in [-0.05, 0) is 53.2 Å². The average Bonchev–Trinajstić information content (AvgIpc) is 2.73. The van der Waals surface area contributed by atoms with Gasteiger partial charge in [-0.1, -0.05) is 0 Å². The van der Waals surface area contributed by atoms with Crippen molar-refractivity contribution in [1.29, 1.82) is 0 Å². The molecule has 2 aromatic rings. The van der Waals surface area contributed by atoms with Crippen molar-refractivity contribution < 1.29 is 23.7 Å². The summed E-state index contributed by atoms with van der Waals surface area (Å²) >= 11 is 3.41. The normalized spacial score (nSPS) is 11.1. The number of rotatable bonds is 9. The van der Waals surface area contributed by atoms with Gasteiger partial charge in [0.25, 0.3) is 0 Å². The Labute approximate surface area is 180 Å². The van der Waals surface area contributed by atoms with Crippen molar-refractivity contribution in [3.8, 4) is 23.0 Å². The summed E-state index contributed by atoms with van der Waals surface area (Å²) in [4.78, 5) is 14.9. The standard InChI is InChI=1S/C22H26BrNO5/c1-7-29-18-9-8-14(11-17(18)24(2)3)22(25)16(23)10-15-12-20(27-5)21(28-6)13-19(15)26-4/h8-13H,7H2,1-6H3/b16-10+. The third-order valence-electron chi connectivity index (χ3n) is 4.24. The molecule has 0 amide bonds. The summed E-state index contributed by atoms with van der Waals surface area (Å²) in [7, 11) is 8.49. The summed E-state index contributed by atoms with van der Waals surface area (Å²) in [5, 5.41) is 0. The van der Waals surface area contributed by atoms with Crippen molar-refractivity contribution in [1.82, 2.24) is 0 Å². The molecular weight excluding hydrogens is 438 g/mol. The van der Waals surface area contributed by atoms with Gasteiger partial charge in [-0.15, -0.1) is 0 Å². The number of ketones is 1. The van der Waals surface area contributed by atoms with Crippen LogP contribution < -0.4 is 23.8 Å². The second kappa shape index (κ2) is 10.2. The Morgan fingerprint density at radius 3 is 2.14 bits per heavy atom. The van der Waals surface area contributed by atoms with E-state index in [4.69, 9.17) is 18.9 Å². The van der Waals surface area contributed by atoms with E-state index in [0.29, 0.717) is 39.5 Å².